The van der Waals surface area contributed by atoms with Crippen LogP contribution in [0.1, 0.15) is 28.3 Å². The van der Waals surface area contributed by atoms with E-state index >= 15 is 0 Å². The van der Waals surface area contributed by atoms with Gasteiger partial charge < -0.3 is 0 Å². The van der Waals surface area contributed by atoms with Crippen LogP contribution in [0.3, 0.4) is 0 Å². The van der Waals surface area contributed by atoms with Crippen molar-refractivity contribution in [2.45, 2.75) is 26.3 Å². The molecule has 0 saturated heterocycles. The SMILES string of the molecule is Cc1ccc(CC(NN)c2cccc(I)c2)cc1C. The van der Waals surface area contributed by atoms with Gasteiger partial charge in [0.2, 0.25) is 0 Å². The van der Waals surface area contributed by atoms with E-state index < -0.39 is 0 Å². The molecule has 1 unspecified atom stereocenters. The summed E-state index contributed by atoms with van der Waals surface area (Å²) in [5, 5.41) is 0. The van der Waals surface area contributed by atoms with Crippen molar-refractivity contribution in [1.29, 1.82) is 0 Å². The normalized spacial score (nSPS) is 12.4. The van der Waals surface area contributed by atoms with Crippen LogP contribution in [0.2, 0.25) is 0 Å². The number of rotatable bonds is 4. The van der Waals surface area contributed by atoms with E-state index in [4.69, 9.17) is 5.84 Å². The smallest absolute Gasteiger partial charge is 0.0500 e. The van der Waals surface area contributed by atoms with Crippen LogP contribution in [-0.4, -0.2) is 0 Å². The second-order valence-corrected chi connectivity index (χ2v) is 6.14. The van der Waals surface area contributed by atoms with Gasteiger partial charge in [-0.15, -0.1) is 0 Å². The molecule has 2 rings (SSSR count). The van der Waals surface area contributed by atoms with Crippen LogP contribution in [0, 0.1) is 17.4 Å². The second-order valence-electron chi connectivity index (χ2n) is 4.90. The van der Waals surface area contributed by atoms with Crippen LogP contribution in [0.25, 0.3) is 0 Å². The van der Waals surface area contributed by atoms with Gasteiger partial charge in [0.15, 0.2) is 0 Å². The topological polar surface area (TPSA) is 38.0 Å². The van der Waals surface area contributed by atoms with Crippen LogP contribution in [0.15, 0.2) is 42.5 Å². The maximum Gasteiger partial charge on any atom is 0.0500 e. The first kappa shape index (κ1) is 14.5. The number of hydrogen-bond donors (Lipinski definition) is 2. The third-order valence-electron chi connectivity index (χ3n) is 3.46. The monoisotopic (exact) mass is 366 g/mol. The molecule has 2 aromatic carbocycles. The molecule has 19 heavy (non-hydrogen) atoms. The molecule has 0 heterocycles. The Labute approximate surface area is 128 Å². The van der Waals surface area contributed by atoms with E-state index in [2.05, 4.69) is 84.3 Å². The predicted octanol–water partition coefficient (Wildman–Crippen LogP) is 3.66. The van der Waals surface area contributed by atoms with Gasteiger partial charge in [0, 0.05) is 3.57 Å². The van der Waals surface area contributed by atoms with Crippen molar-refractivity contribution in [3.8, 4) is 0 Å². The second kappa shape index (κ2) is 6.50. The Hall–Kier alpha value is -0.910. The minimum absolute atomic E-state index is 0.150. The van der Waals surface area contributed by atoms with E-state index in [1.54, 1.807) is 0 Å². The zero-order valence-corrected chi connectivity index (χ0v) is 13.4. The molecule has 3 N–H and O–H groups in total. The van der Waals surface area contributed by atoms with Crippen LogP contribution >= 0.6 is 22.6 Å². The molecule has 0 saturated carbocycles. The minimum Gasteiger partial charge on any atom is -0.271 e. The molecule has 1 atom stereocenters. The van der Waals surface area contributed by atoms with Gasteiger partial charge in [0.25, 0.3) is 0 Å². The fourth-order valence-electron chi connectivity index (χ4n) is 2.16. The molecule has 0 bridgehead atoms. The lowest BCUT2D eigenvalue weighted by molar-refractivity contribution is 0.551. The lowest BCUT2D eigenvalue weighted by atomic mass is 9.97. The number of hydrazine groups is 1. The quantitative estimate of drug-likeness (QED) is 0.493. The van der Waals surface area contributed by atoms with Gasteiger partial charge >= 0.3 is 0 Å². The summed E-state index contributed by atoms with van der Waals surface area (Å²) in [6.07, 6.45) is 0.901. The van der Waals surface area contributed by atoms with Crippen molar-refractivity contribution in [2.24, 2.45) is 5.84 Å². The molecule has 0 radical (unpaired) electrons. The predicted molar refractivity (Wildman–Crippen MR) is 88.8 cm³/mol. The number of aryl methyl sites for hydroxylation is 2. The van der Waals surface area contributed by atoms with Crippen LogP contribution < -0.4 is 11.3 Å². The zero-order chi connectivity index (χ0) is 13.8. The van der Waals surface area contributed by atoms with Crippen molar-refractivity contribution in [2.75, 3.05) is 0 Å². The first-order valence-corrected chi connectivity index (χ1v) is 7.45. The molecule has 0 aromatic heterocycles. The zero-order valence-electron chi connectivity index (χ0n) is 11.3. The standard InChI is InChI=1S/C16H19IN2/c1-11-6-7-13(8-12(11)2)9-16(19-18)14-4-3-5-15(17)10-14/h3-8,10,16,19H,9,18H2,1-2H3. The highest BCUT2D eigenvalue weighted by atomic mass is 127. The molecule has 0 spiro atoms. The fraction of sp³-hybridized carbons (Fsp3) is 0.250. The molecule has 0 amide bonds. The van der Waals surface area contributed by atoms with E-state index in [-0.39, 0.29) is 6.04 Å². The molecule has 0 fully saturated rings. The molecule has 2 nitrogen and oxygen atoms in total. The first-order chi connectivity index (χ1) is 9.10. The maximum atomic E-state index is 5.72. The Morgan fingerprint density at radius 2 is 1.89 bits per heavy atom. The summed E-state index contributed by atoms with van der Waals surface area (Å²) >= 11 is 2.33. The van der Waals surface area contributed by atoms with E-state index in [0.717, 1.165) is 6.42 Å². The number of halogens is 1. The molecule has 100 valence electrons. The third kappa shape index (κ3) is 3.78. The summed E-state index contributed by atoms with van der Waals surface area (Å²) in [7, 11) is 0. The highest BCUT2D eigenvalue weighted by Gasteiger charge is 2.11. The van der Waals surface area contributed by atoms with Crippen molar-refractivity contribution < 1.29 is 0 Å². The number of nitrogens with one attached hydrogen (secondary N) is 1. The molecular weight excluding hydrogens is 347 g/mol. The molecule has 0 aliphatic carbocycles. The van der Waals surface area contributed by atoms with Gasteiger partial charge in [-0.1, -0.05) is 30.3 Å². The Kier molecular flexibility index (Phi) is 4.96. The van der Waals surface area contributed by atoms with E-state index in [9.17, 15) is 0 Å². The summed E-state index contributed by atoms with van der Waals surface area (Å²) in [5.74, 6) is 5.72. The van der Waals surface area contributed by atoms with Crippen LogP contribution in [-0.2, 0) is 6.42 Å². The average molecular weight is 366 g/mol. The summed E-state index contributed by atoms with van der Waals surface area (Å²) in [6.45, 7) is 4.28. The highest BCUT2D eigenvalue weighted by Crippen LogP contribution is 2.21. The Balaban J connectivity index is 2.21. The van der Waals surface area contributed by atoms with Crippen LogP contribution in [0.5, 0.6) is 0 Å². The van der Waals surface area contributed by atoms with Crippen molar-refractivity contribution in [3.05, 3.63) is 68.3 Å². The van der Waals surface area contributed by atoms with E-state index in [0.29, 0.717) is 0 Å². The van der Waals surface area contributed by atoms with Crippen LogP contribution in [0.4, 0.5) is 0 Å². The van der Waals surface area contributed by atoms with E-state index in [1.165, 1.54) is 25.8 Å². The summed E-state index contributed by atoms with van der Waals surface area (Å²) in [5.41, 5.74) is 8.12. The van der Waals surface area contributed by atoms with Gasteiger partial charge in [-0.25, -0.2) is 0 Å². The third-order valence-corrected chi connectivity index (χ3v) is 4.13. The number of hydrogen-bond acceptors (Lipinski definition) is 2. The maximum absolute atomic E-state index is 5.72. The largest absolute Gasteiger partial charge is 0.271 e. The number of nitrogens with two attached hydrogens (primary N) is 1. The summed E-state index contributed by atoms with van der Waals surface area (Å²) in [6, 6.07) is 15.2. The number of benzene rings is 2. The molecule has 0 aliphatic rings. The first-order valence-electron chi connectivity index (χ1n) is 6.38. The van der Waals surface area contributed by atoms with Gasteiger partial charge in [-0.05, 0) is 77.2 Å². The lowest BCUT2D eigenvalue weighted by Crippen LogP contribution is -2.29. The summed E-state index contributed by atoms with van der Waals surface area (Å²) in [4.78, 5) is 0. The minimum atomic E-state index is 0.150. The highest BCUT2D eigenvalue weighted by molar-refractivity contribution is 14.1. The lowest BCUT2D eigenvalue weighted by Gasteiger charge is -2.17. The fourth-order valence-corrected chi connectivity index (χ4v) is 2.73. The van der Waals surface area contributed by atoms with Gasteiger partial charge in [0.1, 0.15) is 0 Å². The van der Waals surface area contributed by atoms with E-state index in [1.807, 2.05) is 0 Å². The Morgan fingerprint density at radius 3 is 2.53 bits per heavy atom. The van der Waals surface area contributed by atoms with Gasteiger partial charge in [-0.2, -0.15) is 0 Å². The van der Waals surface area contributed by atoms with Gasteiger partial charge in [0.05, 0.1) is 6.04 Å². The van der Waals surface area contributed by atoms with Gasteiger partial charge in [-0.3, -0.25) is 11.3 Å². The molecule has 0 aliphatic heterocycles. The Bertz CT molecular complexity index is 566. The van der Waals surface area contributed by atoms with Crippen molar-refractivity contribution in [1.82, 2.24) is 5.43 Å². The average Bonchev–Trinajstić information content (AvgIpc) is 2.40. The molecule has 3 heteroatoms. The Morgan fingerprint density at radius 1 is 1.11 bits per heavy atom. The van der Waals surface area contributed by atoms with Crippen molar-refractivity contribution in [3.63, 3.8) is 0 Å². The summed E-state index contributed by atoms with van der Waals surface area (Å²) < 4.78 is 1.23. The molecular formula is C16H19IN2. The molecule has 2 aromatic rings. The van der Waals surface area contributed by atoms with Crippen molar-refractivity contribution >= 4 is 22.6 Å².